The Morgan fingerprint density at radius 2 is 1.92 bits per heavy atom. The standard InChI is InChI=1S/C8H19O3P/c1-6-7(2)11-12(9,10)8(3,4)5/h7H,6H2,1-5H3,(H,9,10). The summed E-state index contributed by atoms with van der Waals surface area (Å²) in [6.45, 7) is 8.84. The molecule has 0 aliphatic carbocycles. The zero-order valence-electron chi connectivity index (χ0n) is 8.50. The first-order chi connectivity index (χ1) is 5.20. The second kappa shape index (κ2) is 3.91. The van der Waals surface area contributed by atoms with Gasteiger partial charge < -0.3 is 9.42 Å². The van der Waals surface area contributed by atoms with Gasteiger partial charge in [-0.1, -0.05) is 6.92 Å². The van der Waals surface area contributed by atoms with Gasteiger partial charge in [0.15, 0.2) is 0 Å². The third kappa shape index (κ3) is 3.26. The summed E-state index contributed by atoms with van der Waals surface area (Å²) in [6, 6.07) is 0. The van der Waals surface area contributed by atoms with Crippen molar-refractivity contribution in [2.75, 3.05) is 0 Å². The average molecular weight is 194 g/mol. The van der Waals surface area contributed by atoms with Crippen LogP contribution in [0, 0.1) is 0 Å². The van der Waals surface area contributed by atoms with Gasteiger partial charge in [0.1, 0.15) is 0 Å². The van der Waals surface area contributed by atoms with Gasteiger partial charge in [-0.2, -0.15) is 0 Å². The normalized spacial score (nSPS) is 20.2. The first-order valence-electron chi connectivity index (χ1n) is 4.22. The topological polar surface area (TPSA) is 46.5 Å². The molecule has 0 aromatic carbocycles. The van der Waals surface area contributed by atoms with Gasteiger partial charge in [-0.3, -0.25) is 4.57 Å². The van der Waals surface area contributed by atoms with E-state index in [-0.39, 0.29) is 6.10 Å². The third-order valence-electron chi connectivity index (χ3n) is 1.75. The zero-order valence-corrected chi connectivity index (χ0v) is 9.39. The molecule has 0 aromatic heterocycles. The summed E-state index contributed by atoms with van der Waals surface area (Å²) in [5, 5.41) is -0.684. The van der Waals surface area contributed by atoms with Gasteiger partial charge in [-0.25, -0.2) is 0 Å². The molecule has 0 heterocycles. The molecule has 0 bridgehead atoms. The maximum Gasteiger partial charge on any atom is 0.333 e. The summed E-state index contributed by atoms with van der Waals surface area (Å²) in [6.07, 6.45) is 0.598. The zero-order chi connectivity index (χ0) is 9.99. The van der Waals surface area contributed by atoms with Crippen LogP contribution in [0.5, 0.6) is 0 Å². The van der Waals surface area contributed by atoms with E-state index >= 15 is 0 Å². The van der Waals surface area contributed by atoms with Crippen LogP contribution in [0.4, 0.5) is 0 Å². The fourth-order valence-corrected chi connectivity index (χ4v) is 1.43. The molecule has 0 aliphatic heterocycles. The molecule has 0 aliphatic rings. The molecular formula is C8H19O3P. The van der Waals surface area contributed by atoms with Crippen molar-refractivity contribution in [2.24, 2.45) is 0 Å². The predicted octanol–water partition coefficient (Wildman–Crippen LogP) is 2.79. The Bertz CT molecular complexity index is 183. The minimum absolute atomic E-state index is 0.153. The Balaban J connectivity index is 4.34. The molecule has 0 fully saturated rings. The van der Waals surface area contributed by atoms with Gasteiger partial charge in [0.25, 0.3) is 0 Å². The Morgan fingerprint density at radius 3 is 2.17 bits per heavy atom. The lowest BCUT2D eigenvalue weighted by Crippen LogP contribution is -2.19. The molecule has 0 radical (unpaired) electrons. The maximum absolute atomic E-state index is 11.5. The van der Waals surface area contributed by atoms with E-state index in [0.29, 0.717) is 0 Å². The average Bonchev–Trinajstić information content (AvgIpc) is 1.84. The molecule has 2 atom stereocenters. The Kier molecular flexibility index (Phi) is 3.95. The molecule has 12 heavy (non-hydrogen) atoms. The summed E-state index contributed by atoms with van der Waals surface area (Å²) in [4.78, 5) is 9.49. The van der Waals surface area contributed by atoms with Crippen molar-refractivity contribution in [1.82, 2.24) is 0 Å². The first-order valence-corrected chi connectivity index (χ1v) is 5.79. The highest BCUT2D eigenvalue weighted by atomic mass is 31.2. The second-order valence-electron chi connectivity index (χ2n) is 4.02. The predicted molar refractivity (Wildman–Crippen MR) is 50.4 cm³/mol. The smallest absolute Gasteiger partial charge is 0.324 e. The summed E-state index contributed by atoms with van der Waals surface area (Å²) >= 11 is 0. The fraction of sp³-hybridized carbons (Fsp3) is 1.00. The van der Waals surface area contributed by atoms with E-state index in [1.54, 1.807) is 27.7 Å². The Morgan fingerprint density at radius 1 is 1.50 bits per heavy atom. The van der Waals surface area contributed by atoms with E-state index in [4.69, 9.17) is 4.52 Å². The molecule has 1 N–H and O–H groups in total. The van der Waals surface area contributed by atoms with Crippen LogP contribution in [0.25, 0.3) is 0 Å². The Hall–Kier alpha value is 0.150. The third-order valence-corrected chi connectivity index (χ3v) is 4.09. The van der Waals surface area contributed by atoms with Crippen LogP contribution in [0.3, 0.4) is 0 Å². The highest BCUT2D eigenvalue weighted by Crippen LogP contribution is 2.55. The van der Waals surface area contributed by atoms with Crippen LogP contribution in [0.15, 0.2) is 0 Å². The van der Waals surface area contributed by atoms with E-state index in [2.05, 4.69) is 0 Å². The van der Waals surface area contributed by atoms with E-state index < -0.39 is 12.8 Å². The molecule has 0 saturated heterocycles. The second-order valence-corrected chi connectivity index (χ2v) is 6.61. The summed E-state index contributed by atoms with van der Waals surface area (Å²) in [7, 11) is -3.45. The first kappa shape index (κ1) is 12.2. The van der Waals surface area contributed by atoms with Crippen molar-refractivity contribution >= 4 is 7.60 Å². The molecule has 3 nitrogen and oxygen atoms in total. The van der Waals surface area contributed by atoms with Gasteiger partial charge in [0, 0.05) is 0 Å². The number of rotatable bonds is 3. The lowest BCUT2D eigenvalue weighted by molar-refractivity contribution is 0.174. The van der Waals surface area contributed by atoms with Crippen molar-refractivity contribution < 1.29 is 14.0 Å². The van der Waals surface area contributed by atoms with Crippen LogP contribution in [-0.2, 0) is 9.09 Å². The van der Waals surface area contributed by atoms with Crippen molar-refractivity contribution in [1.29, 1.82) is 0 Å². The van der Waals surface area contributed by atoms with Crippen LogP contribution in [-0.4, -0.2) is 16.2 Å². The van der Waals surface area contributed by atoms with Gasteiger partial charge in [0.05, 0.1) is 11.3 Å². The maximum atomic E-state index is 11.5. The summed E-state index contributed by atoms with van der Waals surface area (Å²) in [5.41, 5.74) is 0. The SMILES string of the molecule is CCC(C)OP(=O)(O)C(C)(C)C. The van der Waals surface area contributed by atoms with Gasteiger partial charge >= 0.3 is 7.60 Å². The van der Waals surface area contributed by atoms with Crippen LogP contribution in [0.2, 0.25) is 0 Å². The lowest BCUT2D eigenvalue weighted by atomic mass is 10.3. The number of hydrogen-bond donors (Lipinski definition) is 1. The molecule has 0 aromatic rings. The van der Waals surface area contributed by atoms with E-state index in [9.17, 15) is 9.46 Å². The van der Waals surface area contributed by atoms with Crippen molar-refractivity contribution in [3.05, 3.63) is 0 Å². The van der Waals surface area contributed by atoms with Crippen LogP contribution < -0.4 is 0 Å². The molecule has 74 valence electrons. The van der Waals surface area contributed by atoms with E-state index in [1.807, 2.05) is 6.92 Å². The molecule has 0 amide bonds. The van der Waals surface area contributed by atoms with Gasteiger partial charge in [-0.15, -0.1) is 0 Å². The monoisotopic (exact) mass is 194 g/mol. The largest absolute Gasteiger partial charge is 0.333 e. The quantitative estimate of drug-likeness (QED) is 0.702. The molecule has 4 heteroatoms. The Labute approximate surface area is 74.7 Å². The van der Waals surface area contributed by atoms with Crippen LogP contribution in [0.1, 0.15) is 41.0 Å². The molecule has 2 unspecified atom stereocenters. The van der Waals surface area contributed by atoms with Crippen molar-refractivity contribution in [2.45, 2.75) is 52.3 Å². The van der Waals surface area contributed by atoms with Gasteiger partial charge in [0.2, 0.25) is 0 Å². The van der Waals surface area contributed by atoms with E-state index in [0.717, 1.165) is 6.42 Å². The molecule has 0 spiro atoms. The minimum atomic E-state index is -3.45. The summed E-state index contributed by atoms with van der Waals surface area (Å²) < 4.78 is 16.6. The van der Waals surface area contributed by atoms with E-state index in [1.165, 1.54) is 0 Å². The van der Waals surface area contributed by atoms with Crippen LogP contribution >= 0.6 is 7.60 Å². The molecular weight excluding hydrogens is 175 g/mol. The molecule has 0 saturated carbocycles. The number of hydrogen-bond acceptors (Lipinski definition) is 2. The molecule has 0 rings (SSSR count). The highest BCUT2D eigenvalue weighted by Gasteiger charge is 2.37. The van der Waals surface area contributed by atoms with Crippen molar-refractivity contribution in [3.63, 3.8) is 0 Å². The minimum Gasteiger partial charge on any atom is -0.324 e. The summed E-state index contributed by atoms with van der Waals surface area (Å²) in [5.74, 6) is 0. The van der Waals surface area contributed by atoms with Crippen molar-refractivity contribution in [3.8, 4) is 0 Å². The lowest BCUT2D eigenvalue weighted by Gasteiger charge is -2.27. The fourth-order valence-electron chi connectivity index (χ4n) is 0.477. The van der Waals surface area contributed by atoms with Gasteiger partial charge in [-0.05, 0) is 34.1 Å². The highest BCUT2D eigenvalue weighted by molar-refractivity contribution is 7.54.